The van der Waals surface area contributed by atoms with Crippen LogP contribution in [0.3, 0.4) is 0 Å². The molecule has 174 valence electrons. The van der Waals surface area contributed by atoms with Crippen LogP contribution in [0, 0.1) is 15.9 Å². The van der Waals surface area contributed by atoms with Crippen LogP contribution >= 0.6 is 0 Å². The molecular formula is C27H26FN3O3. The molecule has 3 aromatic carbocycles. The number of hydrogen-bond acceptors (Lipinski definition) is 5. The molecule has 0 radical (unpaired) electrons. The molecule has 34 heavy (non-hydrogen) atoms. The average Bonchev–Trinajstić information content (AvgIpc) is 2.99. The number of nitro benzene ring substituents is 1. The summed E-state index contributed by atoms with van der Waals surface area (Å²) >= 11 is 0. The van der Waals surface area contributed by atoms with E-state index in [2.05, 4.69) is 17.0 Å². The minimum absolute atomic E-state index is 0.0177. The maximum absolute atomic E-state index is 14.3. The molecule has 5 rings (SSSR count). The number of benzene rings is 3. The number of fused-ring (bicyclic) bond motifs is 4. The molecule has 0 fully saturated rings. The molecular weight excluding hydrogens is 433 g/mol. The number of nitro groups is 1. The fraction of sp³-hybridized carbons (Fsp3) is 0.259. The first-order valence-corrected chi connectivity index (χ1v) is 11.1. The maximum atomic E-state index is 14.3. The number of ether oxygens (including phenoxy) is 1. The summed E-state index contributed by atoms with van der Waals surface area (Å²) in [5.41, 5.74) is 3.00. The quantitative estimate of drug-likeness (QED) is 0.359. The van der Waals surface area contributed by atoms with E-state index >= 15 is 0 Å². The molecule has 0 amide bonds. The molecule has 2 aliphatic rings. The lowest BCUT2D eigenvalue weighted by molar-refractivity contribution is -0.385. The van der Waals surface area contributed by atoms with Crippen LogP contribution in [-0.4, -0.2) is 24.7 Å². The first kappa shape index (κ1) is 21.9. The second kappa shape index (κ2) is 7.58. The molecule has 0 spiro atoms. The van der Waals surface area contributed by atoms with Crippen LogP contribution in [-0.2, 0) is 12.0 Å². The van der Waals surface area contributed by atoms with Gasteiger partial charge >= 0.3 is 0 Å². The Morgan fingerprint density at radius 1 is 1.09 bits per heavy atom. The van der Waals surface area contributed by atoms with Gasteiger partial charge in [-0.25, -0.2) is 4.39 Å². The Hall–Kier alpha value is -3.87. The van der Waals surface area contributed by atoms with Gasteiger partial charge in [0.15, 0.2) is 0 Å². The molecule has 6 nitrogen and oxygen atoms in total. The first-order chi connectivity index (χ1) is 16.1. The Labute approximate surface area is 198 Å². The van der Waals surface area contributed by atoms with E-state index in [0.29, 0.717) is 12.3 Å². The fourth-order valence-corrected chi connectivity index (χ4v) is 5.00. The Morgan fingerprint density at radius 3 is 2.50 bits per heavy atom. The van der Waals surface area contributed by atoms with Crippen molar-refractivity contribution in [3.05, 3.63) is 99.4 Å². The molecule has 1 atom stereocenters. The van der Waals surface area contributed by atoms with E-state index in [-0.39, 0.29) is 11.5 Å². The summed E-state index contributed by atoms with van der Waals surface area (Å²) in [5.74, 6) is 0.286. The van der Waals surface area contributed by atoms with Gasteiger partial charge in [0, 0.05) is 43.2 Å². The Bertz CT molecular complexity index is 1320. The Morgan fingerprint density at radius 2 is 1.82 bits per heavy atom. The van der Waals surface area contributed by atoms with E-state index in [0.717, 1.165) is 28.1 Å². The standard InChI is InChI=1S/C27H26FN3O3/c1-26(2)23-16-20(28)7-11-24(23)30-17-19-15-22(31(32)33)10-12-25(19)34-27(26,30)14-13-18-5-8-21(9-6-18)29(3)4/h5-16H,17H2,1-4H3/b14-13+. The number of hydrogen-bond donors (Lipinski definition) is 0. The number of nitrogens with zero attached hydrogens (tertiary/aromatic N) is 3. The third-order valence-corrected chi connectivity index (χ3v) is 6.98. The number of halogens is 1. The van der Waals surface area contributed by atoms with Crippen LogP contribution in [0.4, 0.5) is 21.5 Å². The van der Waals surface area contributed by atoms with Gasteiger partial charge in [-0.3, -0.25) is 10.1 Å². The molecule has 7 heteroatoms. The predicted octanol–water partition coefficient (Wildman–Crippen LogP) is 5.90. The van der Waals surface area contributed by atoms with Gasteiger partial charge < -0.3 is 14.5 Å². The number of anilines is 2. The van der Waals surface area contributed by atoms with Crippen LogP contribution in [0.15, 0.2) is 66.7 Å². The normalized spacial score (nSPS) is 19.9. The summed E-state index contributed by atoms with van der Waals surface area (Å²) in [7, 11) is 3.99. The van der Waals surface area contributed by atoms with Gasteiger partial charge in [0.2, 0.25) is 5.72 Å². The van der Waals surface area contributed by atoms with Crippen molar-refractivity contribution < 1.29 is 14.1 Å². The second-order valence-electron chi connectivity index (χ2n) is 9.54. The summed E-state index contributed by atoms with van der Waals surface area (Å²) in [4.78, 5) is 15.1. The summed E-state index contributed by atoms with van der Waals surface area (Å²) in [5, 5.41) is 11.3. The van der Waals surface area contributed by atoms with E-state index in [9.17, 15) is 14.5 Å². The minimum Gasteiger partial charge on any atom is -0.463 e. The van der Waals surface area contributed by atoms with Crippen LogP contribution in [0.5, 0.6) is 5.75 Å². The summed E-state index contributed by atoms with van der Waals surface area (Å²) < 4.78 is 21.0. The topological polar surface area (TPSA) is 58.9 Å². The van der Waals surface area contributed by atoms with Crippen molar-refractivity contribution in [1.82, 2.24) is 0 Å². The van der Waals surface area contributed by atoms with Gasteiger partial charge in [0.25, 0.3) is 5.69 Å². The van der Waals surface area contributed by atoms with Gasteiger partial charge in [0.05, 0.1) is 16.9 Å². The van der Waals surface area contributed by atoms with Crippen LogP contribution in [0.25, 0.3) is 6.08 Å². The van der Waals surface area contributed by atoms with Gasteiger partial charge in [-0.05, 0) is 67.4 Å². The molecule has 1 unspecified atom stereocenters. The number of rotatable bonds is 4. The van der Waals surface area contributed by atoms with Crippen molar-refractivity contribution in [2.45, 2.75) is 31.5 Å². The van der Waals surface area contributed by atoms with Crippen LogP contribution in [0.1, 0.15) is 30.5 Å². The highest BCUT2D eigenvalue weighted by Gasteiger charge is 2.59. The SMILES string of the molecule is CN(C)c1ccc(/C=C/C23Oc4ccc([N+](=O)[O-])cc4CN2c2ccc(F)cc2C3(C)C)cc1. The summed E-state index contributed by atoms with van der Waals surface area (Å²) in [6, 6.07) is 17.6. The van der Waals surface area contributed by atoms with E-state index in [1.807, 2.05) is 57.1 Å². The lowest BCUT2D eigenvalue weighted by Crippen LogP contribution is -2.60. The predicted molar refractivity (Wildman–Crippen MR) is 132 cm³/mol. The summed E-state index contributed by atoms with van der Waals surface area (Å²) in [6.45, 7) is 4.49. The minimum atomic E-state index is -0.938. The maximum Gasteiger partial charge on any atom is 0.270 e. The highest BCUT2D eigenvalue weighted by Crippen LogP contribution is 2.56. The van der Waals surface area contributed by atoms with Gasteiger partial charge in [-0.1, -0.05) is 18.2 Å². The Balaban J connectivity index is 1.64. The third-order valence-electron chi connectivity index (χ3n) is 6.98. The van der Waals surface area contributed by atoms with Crippen molar-refractivity contribution in [2.75, 3.05) is 23.9 Å². The second-order valence-corrected chi connectivity index (χ2v) is 9.54. The van der Waals surface area contributed by atoms with E-state index in [1.54, 1.807) is 24.3 Å². The molecule has 2 heterocycles. The monoisotopic (exact) mass is 459 g/mol. The molecule has 0 saturated carbocycles. The first-order valence-electron chi connectivity index (χ1n) is 11.1. The van der Waals surface area contributed by atoms with Crippen LogP contribution in [0.2, 0.25) is 0 Å². The van der Waals surface area contributed by atoms with Crippen molar-refractivity contribution in [3.8, 4) is 5.75 Å². The van der Waals surface area contributed by atoms with Crippen molar-refractivity contribution in [3.63, 3.8) is 0 Å². The lowest BCUT2D eigenvalue weighted by Gasteiger charge is -2.48. The third kappa shape index (κ3) is 3.22. The zero-order valence-electron chi connectivity index (χ0n) is 19.6. The fourth-order valence-electron chi connectivity index (χ4n) is 5.00. The molecule has 0 aliphatic carbocycles. The average molecular weight is 460 g/mol. The van der Waals surface area contributed by atoms with E-state index in [1.165, 1.54) is 12.1 Å². The molecule has 0 bridgehead atoms. The van der Waals surface area contributed by atoms with Crippen molar-refractivity contribution in [2.24, 2.45) is 0 Å². The van der Waals surface area contributed by atoms with Crippen molar-refractivity contribution in [1.29, 1.82) is 0 Å². The Kier molecular flexibility index (Phi) is 4.90. The smallest absolute Gasteiger partial charge is 0.270 e. The largest absolute Gasteiger partial charge is 0.463 e. The zero-order valence-corrected chi connectivity index (χ0v) is 19.6. The van der Waals surface area contributed by atoms with Gasteiger partial charge in [0.1, 0.15) is 11.6 Å². The highest BCUT2D eigenvalue weighted by molar-refractivity contribution is 5.71. The van der Waals surface area contributed by atoms with E-state index in [4.69, 9.17) is 4.74 Å². The highest BCUT2D eigenvalue weighted by atomic mass is 19.1. The molecule has 2 aliphatic heterocycles. The molecule has 0 aromatic heterocycles. The molecule has 3 aromatic rings. The summed E-state index contributed by atoms with van der Waals surface area (Å²) in [6.07, 6.45) is 4.05. The lowest BCUT2D eigenvalue weighted by atomic mass is 9.76. The van der Waals surface area contributed by atoms with Crippen molar-refractivity contribution >= 4 is 23.1 Å². The van der Waals surface area contributed by atoms with Crippen LogP contribution < -0.4 is 14.5 Å². The number of non-ortho nitro benzene ring substituents is 1. The zero-order chi connectivity index (χ0) is 24.3. The van der Waals surface area contributed by atoms with Gasteiger partial charge in [-0.15, -0.1) is 0 Å². The van der Waals surface area contributed by atoms with E-state index < -0.39 is 16.1 Å². The molecule has 0 saturated heterocycles. The molecule has 0 N–H and O–H groups in total. The van der Waals surface area contributed by atoms with Gasteiger partial charge in [-0.2, -0.15) is 0 Å².